The van der Waals surface area contributed by atoms with Crippen LogP contribution in [0.2, 0.25) is 0 Å². The number of amidine groups is 1. The first kappa shape index (κ1) is 8.27. The third-order valence-electron chi connectivity index (χ3n) is 1.62. The van der Waals surface area contributed by atoms with Crippen molar-refractivity contribution in [3.8, 4) is 0 Å². The fraction of sp³-hybridized carbons (Fsp3) is 0.833. The average Bonchev–Trinajstić information content (AvgIpc) is 1.84. The second-order valence-corrected chi connectivity index (χ2v) is 2.59. The van der Waals surface area contributed by atoms with Gasteiger partial charge in [-0.1, -0.05) is 20.8 Å². The van der Waals surface area contributed by atoms with Crippen molar-refractivity contribution in [2.24, 2.45) is 28.5 Å². The van der Waals surface area contributed by atoms with Crippen LogP contribution in [0.15, 0.2) is 5.10 Å². The Bertz CT molecular complexity index is 107. The second kappa shape index (κ2) is 3.33. The summed E-state index contributed by atoms with van der Waals surface area (Å²) in [5.74, 6) is 6.30. The molecule has 0 aliphatic carbocycles. The number of nitrogens with two attached hydrogens (primary N) is 2. The van der Waals surface area contributed by atoms with E-state index in [1.807, 2.05) is 6.92 Å². The molecule has 0 aliphatic rings. The van der Waals surface area contributed by atoms with Gasteiger partial charge in [0.25, 0.3) is 0 Å². The van der Waals surface area contributed by atoms with E-state index < -0.39 is 0 Å². The highest BCUT2D eigenvalue weighted by molar-refractivity contribution is 5.82. The molecule has 0 bridgehead atoms. The molecule has 0 fully saturated rings. The third kappa shape index (κ3) is 2.35. The molecule has 0 amide bonds. The SMILES string of the molecule is CC(C)C(C)/C(N)=N/N. The lowest BCUT2D eigenvalue weighted by atomic mass is 9.97. The van der Waals surface area contributed by atoms with Crippen LogP contribution in [0, 0.1) is 11.8 Å². The molecule has 0 aromatic carbocycles. The number of rotatable bonds is 2. The van der Waals surface area contributed by atoms with Crippen LogP contribution < -0.4 is 11.6 Å². The fourth-order valence-corrected chi connectivity index (χ4v) is 0.459. The largest absolute Gasteiger partial charge is 0.386 e. The fourth-order valence-electron chi connectivity index (χ4n) is 0.459. The van der Waals surface area contributed by atoms with E-state index >= 15 is 0 Å². The van der Waals surface area contributed by atoms with Gasteiger partial charge < -0.3 is 11.6 Å². The summed E-state index contributed by atoms with van der Waals surface area (Å²) in [5, 5.41) is 3.40. The van der Waals surface area contributed by atoms with Crippen molar-refractivity contribution in [1.29, 1.82) is 0 Å². The summed E-state index contributed by atoms with van der Waals surface area (Å²) in [5.41, 5.74) is 5.44. The summed E-state index contributed by atoms with van der Waals surface area (Å²) < 4.78 is 0. The van der Waals surface area contributed by atoms with Crippen molar-refractivity contribution in [3.05, 3.63) is 0 Å². The highest BCUT2D eigenvalue weighted by atomic mass is 15.2. The number of hydrazone groups is 1. The standard InChI is InChI=1S/C6H15N3/c1-4(2)5(3)6(7)9-8/h4-5H,8H2,1-3H3,(H2,7,9). The van der Waals surface area contributed by atoms with Gasteiger partial charge in [-0.05, 0) is 5.92 Å². The Labute approximate surface area is 56.1 Å². The van der Waals surface area contributed by atoms with Crippen LogP contribution in [0.3, 0.4) is 0 Å². The van der Waals surface area contributed by atoms with Crippen LogP contribution in [-0.4, -0.2) is 5.84 Å². The van der Waals surface area contributed by atoms with Gasteiger partial charge in [-0.25, -0.2) is 0 Å². The van der Waals surface area contributed by atoms with Gasteiger partial charge in [0.1, 0.15) is 5.84 Å². The maximum absolute atomic E-state index is 5.44. The Morgan fingerprint density at radius 1 is 1.33 bits per heavy atom. The number of hydrogen-bond donors (Lipinski definition) is 2. The van der Waals surface area contributed by atoms with Crippen molar-refractivity contribution >= 4 is 5.84 Å². The van der Waals surface area contributed by atoms with Gasteiger partial charge in [-0.2, -0.15) is 5.10 Å². The molecular weight excluding hydrogens is 114 g/mol. The van der Waals surface area contributed by atoms with Crippen LogP contribution in [0.1, 0.15) is 20.8 Å². The van der Waals surface area contributed by atoms with E-state index in [1.54, 1.807) is 0 Å². The zero-order valence-electron chi connectivity index (χ0n) is 6.26. The molecule has 3 nitrogen and oxygen atoms in total. The molecule has 0 aromatic rings. The summed E-state index contributed by atoms with van der Waals surface area (Å²) >= 11 is 0. The van der Waals surface area contributed by atoms with E-state index in [2.05, 4.69) is 18.9 Å². The van der Waals surface area contributed by atoms with Crippen LogP contribution >= 0.6 is 0 Å². The van der Waals surface area contributed by atoms with Gasteiger partial charge >= 0.3 is 0 Å². The first-order valence-electron chi connectivity index (χ1n) is 3.12. The van der Waals surface area contributed by atoms with E-state index in [4.69, 9.17) is 11.6 Å². The molecule has 0 aliphatic heterocycles. The molecule has 1 unspecified atom stereocenters. The molecule has 9 heavy (non-hydrogen) atoms. The first-order valence-corrected chi connectivity index (χ1v) is 3.12. The highest BCUT2D eigenvalue weighted by Gasteiger charge is 2.09. The second-order valence-electron chi connectivity index (χ2n) is 2.59. The normalized spacial score (nSPS) is 16.2. The Balaban J connectivity index is 3.88. The lowest BCUT2D eigenvalue weighted by Gasteiger charge is -2.12. The topological polar surface area (TPSA) is 64.4 Å². The van der Waals surface area contributed by atoms with Gasteiger partial charge in [0.05, 0.1) is 0 Å². The summed E-state index contributed by atoms with van der Waals surface area (Å²) in [6, 6.07) is 0. The maximum atomic E-state index is 5.44. The Morgan fingerprint density at radius 2 is 1.78 bits per heavy atom. The van der Waals surface area contributed by atoms with E-state index in [-0.39, 0.29) is 5.92 Å². The van der Waals surface area contributed by atoms with E-state index in [9.17, 15) is 0 Å². The van der Waals surface area contributed by atoms with Crippen molar-refractivity contribution < 1.29 is 0 Å². The van der Waals surface area contributed by atoms with Gasteiger partial charge in [-0.3, -0.25) is 0 Å². The zero-order valence-corrected chi connectivity index (χ0v) is 6.26. The van der Waals surface area contributed by atoms with Gasteiger partial charge in [-0.15, -0.1) is 0 Å². The molecule has 0 aromatic heterocycles. The summed E-state index contributed by atoms with van der Waals surface area (Å²) in [4.78, 5) is 0. The third-order valence-corrected chi connectivity index (χ3v) is 1.62. The minimum absolute atomic E-state index is 0.287. The molecule has 0 radical (unpaired) electrons. The van der Waals surface area contributed by atoms with Gasteiger partial charge in [0.15, 0.2) is 0 Å². The van der Waals surface area contributed by atoms with E-state index in [0.29, 0.717) is 11.8 Å². The maximum Gasteiger partial charge on any atom is 0.122 e. The minimum Gasteiger partial charge on any atom is -0.386 e. The summed E-state index contributed by atoms with van der Waals surface area (Å²) in [6.07, 6.45) is 0. The predicted octanol–water partition coefficient (Wildman–Crippen LogP) is 0.509. The van der Waals surface area contributed by atoms with Crippen LogP contribution in [0.25, 0.3) is 0 Å². The smallest absolute Gasteiger partial charge is 0.122 e. The van der Waals surface area contributed by atoms with Gasteiger partial charge in [0.2, 0.25) is 0 Å². The lowest BCUT2D eigenvalue weighted by Crippen LogP contribution is -2.26. The molecular formula is C6H15N3. The minimum atomic E-state index is 0.287. The first-order chi connectivity index (χ1) is 4.09. The Kier molecular flexibility index (Phi) is 3.06. The molecule has 0 saturated carbocycles. The Hall–Kier alpha value is -0.730. The molecule has 0 saturated heterocycles. The monoisotopic (exact) mass is 129 g/mol. The van der Waals surface area contributed by atoms with Crippen molar-refractivity contribution in [3.63, 3.8) is 0 Å². The number of nitrogens with zero attached hydrogens (tertiary/aromatic N) is 1. The Morgan fingerprint density at radius 3 is 1.89 bits per heavy atom. The molecule has 0 heterocycles. The van der Waals surface area contributed by atoms with Gasteiger partial charge in [0, 0.05) is 5.92 Å². The molecule has 0 rings (SSSR count). The summed E-state index contributed by atoms with van der Waals surface area (Å²) in [7, 11) is 0. The molecule has 3 heteroatoms. The molecule has 4 N–H and O–H groups in total. The quantitative estimate of drug-likeness (QED) is 0.247. The van der Waals surface area contributed by atoms with E-state index in [1.165, 1.54) is 0 Å². The van der Waals surface area contributed by atoms with Crippen molar-refractivity contribution in [2.45, 2.75) is 20.8 Å². The summed E-state index contributed by atoms with van der Waals surface area (Å²) in [6.45, 7) is 6.18. The molecule has 54 valence electrons. The van der Waals surface area contributed by atoms with Crippen LogP contribution in [0.4, 0.5) is 0 Å². The van der Waals surface area contributed by atoms with Crippen molar-refractivity contribution in [1.82, 2.24) is 0 Å². The zero-order chi connectivity index (χ0) is 7.44. The van der Waals surface area contributed by atoms with Crippen LogP contribution in [0.5, 0.6) is 0 Å². The van der Waals surface area contributed by atoms with Crippen LogP contribution in [-0.2, 0) is 0 Å². The van der Waals surface area contributed by atoms with Crippen molar-refractivity contribution in [2.75, 3.05) is 0 Å². The number of hydrogen-bond acceptors (Lipinski definition) is 2. The predicted molar refractivity (Wildman–Crippen MR) is 39.8 cm³/mol. The lowest BCUT2D eigenvalue weighted by molar-refractivity contribution is 0.527. The molecule has 1 atom stereocenters. The highest BCUT2D eigenvalue weighted by Crippen LogP contribution is 2.08. The average molecular weight is 129 g/mol. The van der Waals surface area contributed by atoms with E-state index in [0.717, 1.165) is 0 Å². The molecule has 0 spiro atoms.